The number of benzene rings is 1. The summed E-state index contributed by atoms with van der Waals surface area (Å²) in [6, 6.07) is 6.05. The number of aryl methyl sites for hydroxylation is 1. The molecule has 2 rings (SSSR count). The lowest BCUT2D eigenvalue weighted by Crippen LogP contribution is -2.24. The summed E-state index contributed by atoms with van der Waals surface area (Å²) < 4.78 is 0. The average molecular weight is 319 g/mol. The number of anilines is 2. The highest BCUT2D eigenvalue weighted by atomic mass is 32.2. The minimum absolute atomic E-state index is 0.0791. The molecular formula is C15H21N5OS. The molecule has 1 heterocycles. The van der Waals surface area contributed by atoms with Gasteiger partial charge in [0.05, 0.1) is 5.25 Å². The number of carbonyl (C=O) groups is 1. The summed E-state index contributed by atoms with van der Waals surface area (Å²) in [7, 11) is 0. The third-order valence-electron chi connectivity index (χ3n) is 3.31. The minimum Gasteiger partial charge on any atom is -0.368 e. The van der Waals surface area contributed by atoms with Crippen LogP contribution in [0, 0.1) is 6.92 Å². The van der Waals surface area contributed by atoms with Crippen molar-refractivity contribution < 1.29 is 4.79 Å². The van der Waals surface area contributed by atoms with Gasteiger partial charge in [-0.05, 0) is 30.9 Å². The number of aromatic amines is 1. The molecule has 0 spiro atoms. The van der Waals surface area contributed by atoms with Gasteiger partial charge in [-0.1, -0.05) is 43.8 Å². The van der Waals surface area contributed by atoms with Crippen LogP contribution in [0.1, 0.15) is 37.8 Å². The maximum absolute atomic E-state index is 12.4. The maximum atomic E-state index is 12.4. The lowest BCUT2D eigenvalue weighted by molar-refractivity contribution is -0.115. The van der Waals surface area contributed by atoms with E-state index in [1.807, 2.05) is 32.0 Å². The number of nitrogens with two attached hydrogens (primary N) is 1. The normalized spacial score (nSPS) is 12.4. The molecule has 0 aliphatic carbocycles. The topological polar surface area (TPSA) is 96.7 Å². The Hall–Kier alpha value is -2.02. The van der Waals surface area contributed by atoms with Gasteiger partial charge in [-0.3, -0.25) is 4.79 Å². The fourth-order valence-electron chi connectivity index (χ4n) is 2.09. The van der Waals surface area contributed by atoms with E-state index in [-0.39, 0.29) is 17.1 Å². The largest absolute Gasteiger partial charge is 0.368 e. The number of amides is 1. The molecule has 1 amide bonds. The monoisotopic (exact) mass is 319 g/mol. The first-order chi connectivity index (χ1) is 10.4. The number of para-hydroxylation sites is 1. The molecule has 7 heteroatoms. The number of nitrogens with one attached hydrogen (secondary N) is 2. The molecule has 0 saturated heterocycles. The molecule has 0 aliphatic heterocycles. The van der Waals surface area contributed by atoms with Crippen LogP contribution in [-0.4, -0.2) is 26.3 Å². The summed E-state index contributed by atoms with van der Waals surface area (Å²) in [5.74, 6) is 0.506. The quantitative estimate of drug-likeness (QED) is 0.736. The zero-order valence-electron chi connectivity index (χ0n) is 13.2. The fourth-order valence-corrected chi connectivity index (χ4v) is 2.82. The molecule has 1 aromatic heterocycles. The first-order valence-corrected chi connectivity index (χ1v) is 8.01. The maximum Gasteiger partial charge on any atom is 0.237 e. The molecule has 118 valence electrons. The zero-order chi connectivity index (χ0) is 16.3. The molecule has 0 bridgehead atoms. The number of thioether (sulfide) groups is 1. The van der Waals surface area contributed by atoms with Crippen LogP contribution in [0.15, 0.2) is 23.4 Å². The van der Waals surface area contributed by atoms with Crippen molar-refractivity contribution in [1.29, 1.82) is 0 Å². The molecule has 0 saturated carbocycles. The van der Waals surface area contributed by atoms with Crippen LogP contribution in [0.5, 0.6) is 0 Å². The minimum atomic E-state index is -0.324. The highest BCUT2D eigenvalue weighted by molar-refractivity contribution is 8.00. The van der Waals surface area contributed by atoms with Crippen LogP contribution >= 0.6 is 11.8 Å². The van der Waals surface area contributed by atoms with Gasteiger partial charge < -0.3 is 11.1 Å². The van der Waals surface area contributed by atoms with Crippen LogP contribution in [0.3, 0.4) is 0 Å². The summed E-state index contributed by atoms with van der Waals surface area (Å²) in [6.07, 6.45) is 0. The van der Waals surface area contributed by atoms with E-state index >= 15 is 0 Å². The second kappa shape index (κ2) is 6.83. The first kappa shape index (κ1) is 16.4. The molecule has 0 aliphatic rings. The van der Waals surface area contributed by atoms with Gasteiger partial charge in [0, 0.05) is 5.69 Å². The van der Waals surface area contributed by atoms with Crippen LogP contribution in [0.4, 0.5) is 11.6 Å². The third-order valence-corrected chi connectivity index (χ3v) is 4.27. The van der Waals surface area contributed by atoms with Gasteiger partial charge in [0.1, 0.15) is 0 Å². The van der Waals surface area contributed by atoms with Gasteiger partial charge in [-0.2, -0.15) is 4.98 Å². The SMILES string of the molecule is Cc1cccc(C(C)C)c1NC(=O)C(C)Sc1n[nH]c(N)n1. The third kappa shape index (κ3) is 3.79. The Morgan fingerprint density at radius 1 is 1.36 bits per heavy atom. The number of aromatic nitrogens is 3. The molecule has 0 fully saturated rings. The van der Waals surface area contributed by atoms with E-state index in [4.69, 9.17) is 5.73 Å². The predicted octanol–water partition coefficient (Wildman–Crippen LogP) is 2.94. The van der Waals surface area contributed by atoms with Crippen molar-refractivity contribution in [2.24, 2.45) is 0 Å². The Bertz CT molecular complexity index is 668. The Morgan fingerprint density at radius 2 is 2.09 bits per heavy atom. The Kier molecular flexibility index (Phi) is 5.07. The molecule has 22 heavy (non-hydrogen) atoms. The summed E-state index contributed by atoms with van der Waals surface area (Å²) >= 11 is 1.27. The van der Waals surface area contributed by atoms with E-state index in [1.165, 1.54) is 11.8 Å². The number of carbonyl (C=O) groups excluding carboxylic acids is 1. The average Bonchev–Trinajstić information content (AvgIpc) is 2.85. The lowest BCUT2D eigenvalue weighted by Gasteiger charge is -2.18. The highest BCUT2D eigenvalue weighted by Crippen LogP contribution is 2.28. The summed E-state index contributed by atoms with van der Waals surface area (Å²) in [5.41, 5.74) is 8.56. The van der Waals surface area contributed by atoms with Gasteiger partial charge in [0.15, 0.2) is 0 Å². The smallest absolute Gasteiger partial charge is 0.237 e. The molecule has 4 N–H and O–H groups in total. The molecule has 1 aromatic carbocycles. The van der Waals surface area contributed by atoms with E-state index in [2.05, 4.69) is 34.3 Å². The van der Waals surface area contributed by atoms with Gasteiger partial charge in [-0.15, -0.1) is 5.10 Å². The molecule has 1 unspecified atom stereocenters. The second-order valence-electron chi connectivity index (χ2n) is 5.45. The Labute approximate surface area is 134 Å². The summed E-state index contributed by atoms with van der Waals surface area (Å²) in [5, 5.41) is 9.66. The number of nitrogen functional groups attached to an aromatic ring is 1. The van der Waals surface area contributed by atoms with Crippen LogP contribution < -0.4 is 11.1 Å². The highest BCUT2D eigenvalue weighted by Gasteiger charge is 2.19. The lowest BCUT2D eigenvalue weighted by atomic mass is 9.98. The van der Waals surface area contributed by atoms with Gasteiger partial charge in [-0.25, -0.2) is 5.10 Å². The van der Waals surface area contributed by atoms with E-state index in [1.54, 1.807) is 0 Å². The van der Waals surface area contributed by atoms with E-state index in [9.17, 15) is 4.79 Å². The van der Waals surface area contributed by atoms with Gasteiger partial charge >= 0.3 is 0 Å². The van der Waals surface area contributed by atoms with Crippen molar-refractivity contribution >= 4 is 29.3 Å². The number of nitrogens with zero attached hydrogens (tertiary/aromatic N) is 2. The summed E-state index contributed by atoms with van der Waals surface area (Å²) in [6.45, 7) is 8.03. The van der Waals surface area contributed by atoms with Crippen molar-refractivity contribution in [1.82, 2.24) is 15.2 Å². The van der Waals surface area contributed by atoms with Crippen molar-refractivity contribution in [2.75, 3.05) is 11.1 Å². The zero-order valence-corrected chi connectivity index (χ0v) is 14.0. The van der Waals surface area contributed by atoms with Crippen molar-refractivity contribution in [3.63, 3.8) is 0 Å². The molecule has 0 radical (unpaired) electrons. The van der Waals surface area contributed by atoms with Crippen LogP contribution in [0.2, 0.25) is 0 Å². The van der Waals surface area contributed by atoms with Crippen molar-refractivity contribution in [3.8, 4) is 0 Å². The van der Waals surface area contributed by atoms with Crippen LogP contribution in [0.25, 0.3) is 0 Å². The van der Waals surface area contributed by atoms with Gasteiger partial charge in [0.25, 0.3) is 0 Å². The molecule has 2 aromatic rings. The number of hydrogen-bond acceptors (Lipinski definition) is 5. The Morgan fingerprint density at radius 3 is 2.68 bits per heavy atom. The molecule has 1 atom stereocenters. The molecular weight excluding hydrogens is 298 g/mol. The van der Waals surface area contributed by atoms with Crippen LogP contribution in [-0.2, 0) is 4.79 Å². The number of H-pyrrole nitrogens is 1. The van der Waals surface area contributed by atoms with E-state index in [0.717, 1.165) is 16.8 Å². The molecule has 6 nitrogen and oxygen atoms in total. The van der Waals surface area contributed by atoms with Crippen molar-refractivity contribution in [3.05, 3.63) is 29.3 Å². The van der Waals surface area contributed by atoms with Crippen molar-refractivity contribution in [2.45, 2.75) is 44.0 Å². The first-order valence-electron chi connectivity index (χ1n) is 7.13. The van der Waals surface area contributed by atoms with E-state index < -0.39 is 0 Å². The Balaban J connectivity index is 2.11. The standard InChI is InChI=1S/C15H21N5OS/c1-8(2)11-7-5-6-9(3)12(11)17-13(21)10(4)22-15-18-14(16)19-20-15/h5-8,10H,1-4H3,(H,17,21)(H3,16,18,19,20). The second-order valence-corrected chi connectivity index (χ2v) is 6.75. The van der Waals surface area contributed by atoms with Gasteiger partial charge in [0.2, 0.25) is 17.0 Å². The number of rotatable bonds is 5. The number of hydrogen-bond donors (Lipinski definition) is 3. The van der Waals surface area contributed by atoms with E-state index in [0.29, 0.717) is 11.1 Å². The predicted molar refractivity (Wildman–Crippen MR) is 90.0 cm³/mol. The summed E-state index contributed by atoms with van der Waals surface area (Å²) in [4.78, 5) is 16.4. The fraction of sp³-hybridized carbons (Fsp3) is 0.400.